The van der Waals surface area contributed by atoms with E-state index in [0.717, 1.165) is 27.1 Å². The molecule has 0 aliphatic carbocycles. The minimum absolute atomic E-state index is 0.264. The SMILES string of the molecule is CC(C)c1cc(C(C)C)c(S(=O)N[C@@H](c2ccccc2)[C@@H](N)c2ccccc2)c(C(C)C)c1. The highest BCUT2D eigenvalue weighted by molar-refractivity contribution is 7.83. The molecule has 0 aliphatic rings. The molecular formula is C29H38N2OS. The van der Waals surface area contributed by atoms with Gasteiger partial charge in [-0.1, -0.05) is 114 Å². The van der Waals surface area contributed by atoms with Gasteiger partial charge in [0.15, 0.2) is 0 Å². The summed E-state index contributed by atoms with van der Waals surface area (Å²) in [5.41, 5.74) is 12.4. The van der Waals surface area contributed by atoms with Crippen molar-refractivity contribution in [1.29, 1.82) is 0 Å². The Balaban J connectivity index is 2.08. The van der Waals surface area contributed by atoms with Gasteiger partial charge in [-0.2, -0.15) is 0 Å². The highest BCUT2D eigenvalue weighted by Gasteiger charge is 2.27. The molecule has 3 nitrogen and oxygen atoms in total. The van der Waals surface area contributed by atoms with Gasteiger partial charge >= 0.3 is 0 Å². The van der Waals surface area contributed by atoms with Gasteiger partial charge in [-0.15, -0.1) is 0 Å². The predicted octanol–water partition coefficient (Wildman–Crippen LogP) is 7.11. The van der Waals surface area contributed by atoms with Crippen LogP contribution in [0.15, 0.2) is 77.7 Å². The minimum Gasteiger partial charge on any atom is -0.322 e. The van der Waals surface area contributed by atoms with E-state index >= 15 is 0 Å². The second kappa shape index (κ2) is 11.2. The molecule has 3 aromatic carbocycles. The first kappa shape index (κ1) is 25.4. The largest absolute Gasteiger partial charge is 0.322 e. The zero-order valence-corrected chi connectivity index (χ0v) is 21.5. The Morgan fingerprint density at radius 1 is 0.667 bits per heavy atom. The van der Waals surface area contributed by atoms with E-state index in [1.807, 2.05) is 60.7 Å². The highest BCUT2D eigenvalue weighted by atomic mass is 32.2. The smallest absolute Gasteiger partial charge is 0.126 e. The molecule has 176 valence electrons. The summed E-state index contributed by atoms with van der Waals surface area (Å²) in [5.74, 6) is 0.943. The van der Waals surface area contributed by atoms with Crippen LogP contribution in [-0.2, 0) is 11.0 Å². The van der Waals surface area contributed by atoms with Crippen LogP contribution >= 0.6 is 0 Å². The van der Waals surface area contributed by atoms with Gasteiger partial charge in [0.2, 0.25) is 0 Å². The Hall–Kier alpha value is -2.27. The lowest BCUT2D eigenvalue weighted by atomic mass is 9.89. The van der Waals surface area contributed by atoms with Crippen LogP contribution < -0.4 is 10.5 Å². The molecule has 0 aliphatic heterocycles. The standard InChI is InChI=1S/C29H38N2OS/c1-19(2)24-17-25(20(3)4)29(26(18-24)21(5)6)33(32)31-28(23-15-11-8-12-16-23)27(30)22-13-9-7-10-14-22/h7-21,27-28,31H,30H2,1-6H3/t27-,28-,33?/m0/s1. The van der Waals surface area contributed by atoms with Crippen molar-refractivity contribution in [2.24, 2.45) is 5.73 Å². The molecule has 0 heterocycles. The number of hydrogen-bond acceptors (Lipinski definition) is 2. The van der Waals surface area contributed by atoms with E-state index in [9.17, 15) is 4.21 Å². The van der Waals surface area contributed by atoms with Crippen LogP contribution in [0.3, 0.4) is 0 Å². The summed E-state index contributed by atoms with van der Waals surface area (Å²) < 4.78 is 17.5. The summed E-state index contributed by atoms with van der Waals surface area (Å²) in [7, 11) is -1.42. The Morgan fingerprint density at radius 2 is 1.12 bits per heavy atom. The average molecular weight is 463 g/mol. The highest BCUT2D eigenvalue weighted by Crippen LogP contribution is 2.35. The molecule has 4 heteroatoms. The Morgan fingerprint density at radius 3 is 1.55 bits per heavy atom. The fourth-order valence-corrected chi connectivity index (χ4v) is 5.80. The maximum atomic E-state index is 14.0. The van der Waals surface area contributed by atoms with Gasteiger partial charge in [0.1, 0.15) is 11.0 Å². The lowest BCUT2D eigenvalue weighted by Gasteiger charge is -2.28. The number of nitrogens with two attached hydrogens (primary N) is 1. The normalized spacial score (nSPS) is 14.6. The molecule has 1 unspecified atom stereocenters. The van der Waals surface area contributed by atoms with Crippen LogP contribution in [0.25, 0.3) is 0 Å². The van der Waals surface area contributed by atoms with Crippen molar-refractivity contribution in [3.63, 3.8) is 0 Å². The third kappa shape index (κ3) is 6.00. The van der Waals surface area contributed by atoms with Crippen molar-refractivity contribution in [2.45, 2.75) is 76.3 Å². The minimum atomic E-state index is -1.42. The molecule has 3 N–H and O–H groups in total. The van der Waals surface area contributed by atoms with E-state index in [4.69, 9.17) is 5.73 Å². The van der Waals surface area contributed by atoms with Crippen LogP contribution in [0, 0.1) is 0 Å². The van der Waals surface area contributed by atoms with E-state index < -0.39 is 11.0 Å². The third-order valence-corrected chi connectivity index (χ3v) is 7.51. The monoisotopic (exact) mass is 462 g/mol. The van der Waals surface area contributed by atoms with Crippen molar-refractivity contribution in [1.82, 2.24) is 4.72 Å². The molecule has 3 rings (SSSR count). The molecule has 0 bridgehead atoms. The molecule has 0 aromatic heterocycles. The summed E-state index contributed by atoms with van der Waals surface area (Å²) in [4.78, 5) is 0.908. The van der Waals surface area contributed by atoms with Crippen LogP contribution in [-0.4, -0.2) is 4.21 Å². The lowest BCUT2D eigenvalue weighted by molar-refractivity contribution is 0.529. The fourth-order valence-electron chi connectivity index (χ4n) is 4.15. The zero-order chi connectivity index (χ0) is 24.1. The molecule has 3 aromatic rings. The van der Waals surface area contributed by atoms with E-state index in [0.29, 0.717) is 5.92 Å². The van der Waals surface area contributed by atoms with Gasteiger partial charge in [0, 0.05) is 0 Å². The summed E-state index contributed by atoms with van der Waals surface area (Å²) in [5, 5.41) is 0. The van der Waals surface area contributed by atoms with Crippen molar-refractivity contribution >= 4 is 11.0 Å². The van der Waals surface area contributed by atoms with E-state index in [-0.39, 0.29) is 23.9 Å². The molecule has 0 saturated heterocycles. The lowest BCUT2D eigenvalue weighted by Crippen LogP contribution is -2.34. The molecule has 0 amide bonds. The van der Waals surface area contributed by atoms with E-state index in [1.165, 1.54) is 5.56 Å². The first-order valence-electron chi connectivity index (χ1n) is 11.9. The van der Waals surface area contributed by atoms with E-state index in [1.54, 1.807) is 0 Å². The second-order valence-corrected chi connectivity index (χ2v) is 10.9. The summed E-state index contributed by atoms with van der Waals surface area (Å²) >= 11 is 0. The average Bonchev–Trinajstić information content (AvgIpc) is 2.82. The maximum Gasteiger partial charge on any atom is 0.126 e. The maximum absolute atomic E-state index is 14.0. The predicted molar refractivity (Wildman–Crippen MR) is 141 cm³/mol. The van der Waals surface area contributed by atoms with Crippen LogP contribution in [0.4, 0.5) is 0 Å². The molecule has 3 atom stereocenters. The molecule has 33 heavy (non-hydrogen) atoms. The number of hydrogen-bond donors (Lipinski definition) is 2. The van der Waals surface area contributed by atoms with Gasteiger partial charge < -0.3 is 5.73 Å². The number of rotatable bonds is 9. The van der Waals surface area contributed by atoms with Crippen molar-refractivity contribution in [3.8, 4) is 0 Å². The van der Waals surface area contributed by atoms with Gasteiger partial charge in [-0.25, -0.2) is 8.93 Å². The molecule has 0 radical (unpaired) electrons. The third-order valence-electron chi connectivity index (χ3n) is 6.20. The van der Waals surface area contributed by atoms with Crippen molar-refractivity contribution in [3.05, 3.63) is 101 Å². The Kier molecular flexibility index (Phi) is 8.63. The van der Waals surface area contributed by atoms with Gasteiger partial charge in [0.05, 0.1) is 17.0 Å². The first-order valence-corrected chi connectivity index (χ1v) is 13.1. The van der Waals surface area contributed by atoms with Crippen molar-refractivity contribution < 1.29 is 4.21 Å². The summed E-state index contributed by atoms with van der Waals surface area (Å²) in [6.45, 7) is 13.1. The topological polar surface area (TPSA) is 55.1 Å². The van der Waals surface area contributed by atoms with E-state index in [2.05, 4.69) is 58.4 Å². The van der Waals surface area contributed by atoms with Crippen LogP contribution in [0.5, 0.6) is 0 Å². The summed E-state index contributed by atoms with van der Waals surface area (Å²) in [6.07, 6.45) is 0. The fraction of sp³-hybridized carbons (Fsp3) is 0.379. The number of benzene rings is 3. The van der Waals surface area contributed by atoms with Crippen molar-refractivity contribution in [2.75, 3.05) is 0 Å². The van der Waals surface area contributed by atoms with Gasteiger partial charge in [0.25, 0.3) is 0 Å². The van der Waals surface area contributed by atoms with Crippen LogP contribution in [0.2, 0.25) is 0 Å². The summed E-state index contributed by atoms with van der Waals surface area (Å²) in [6, 6.07) is 24.0. The van der Waals surface area contributed by atoms with Gasteiger partial charge in [-0.3, -0.25) is 0 Å². The molecular weight excluding hydrogens is 424 g/mol. The second-order valence-electron chi connectivity index (χ2n) is 9.70. The Bertz CT molecular complexity index is 1030. The first-order chi connectivity index (χ1) is 15.7. The molecule has 0 spiro atoms. The molecule has 0 saturated carbocycles. The molecule has 0 fully saturated rings. The zero-order valence-electron chi connectivity index (χ0n) is 20.7. The number of nitrogens with one attached hydrogen (secondary N) is 1. The Labute approximate surface area is 202 Å². The van der Waals surface area contributed by atoms with Gasteiger partial charge in [-0.05, 0) is 45.6 Å². The quantitative estimate of drug-likeness (QED) is 0.356. The van der Waals surface area contributed by atoms with Crippen LogP contribution in [0.1, 0.15) is 99.2 Å².